The van der Waals surface area contributed by atoms with Crippen molar-refractivity contribution in [2.24, 2.45) is 0 Å². The number of halogens is 1. The van der Waals surface area contributed by atoms with E-state index in [1.807, 2.05) is 25.1 Å². The molecule has 0 unspecified atom stereocenters. The Kier molecular flexibility index (Phi) is 3.72. The highest BCUT2D eigenvalue weighted by Gasteiger charge is 1.96. The van der Waals surface area contributed by atoms with E-state index in [2.05, 4.69) is 5.32 Å². The lowest BCUT2D eigenvalue weighted by molar-refractivity contribution is -0.115. The van der Waals surface area contributed by atoms with Crippen molar-refractivity contribution in [3.8, 4) is 0 Å². The van der Waals surface area contributed by atoms with Gasteiger partial charge in [0.15, 0.2) is 0 Å². The number of rotatable bonds is 2. The third-order valence-electron chi connectivity index (χ3n) is 1.82. The van der Waals surface area contributed by atoms with Crippen molar-refractivity contribution in [1.29, 1.82) is 0 Å². The molecule has 14 heavy (non-hydrogen) atoms. The average molecular weight is 210 g/mol. The lowest BCUT2D eigenvalue weighted by atomic mass is 10.1. The maximum Gasteiger partial charge on any atom is 0.243 e. The largest absolute Gasteiger partial charge is 0.356 e. The second-order valence-corrected chi connectivity index (χ2v) is 3.38. The molecule has 0 fully saturated rings. The first-order valence-corrected chi connectivity index (χ1v) is 4.67. The molecule has 0 saturated heterocycles. The fourth-order valence-electron chi connectivity index (χ4n) is 1.02. The molecule has 0 spiro atoms. The lowest BCUT2D eigenvalue weighted by Crippen LogP contribution is -2.13. The van der Waals surface area contributed by atoms with Crippen molar-refractivity contribution in [3.63, 3.8) is 0 Å². The second kappa shape index (κ2) is 4.82. The first-order chi connectivity index (χ1) is 6.63. The van der Waals surface area contributed by atoms with Gasteiger partial charge in [-0.3, -0.25) is 4.79 Å². The highest BCUT2D eigenvalue weighted by molar-refractivity contribution is 6.32. The Morgan fingerprint density at radius 2 is 2.21 bits per heavy atom. The number of amides is 1. The summed E-state index contributed by atoms with van der Waals surface area (Å²) in [6.07, 6.45) is 3.15. The molecule has 0 aliphatic rings. The van der Waals surface area contributed by atoms with E-state index in [-0.39, 0.29) is 5.91 Å². The van der Waals surface area contributed by atoms with Crippen LogP contribution in [0.4, 0.5) is 0 Å². The molecule has 0 heterocycles. The first-order valence-electron chi connectivity index (χ1n) is 4.29. The molecule has 1 N–H and O–H groups in total. The van der Waals surface area contributed by atoms with Gasteiger partial charge in [-0.1, -0.05) is 23.7 Å². The van der Waals surface area contributed by atoms with Crippen molar-refractivity contribution < 1.29 is 4.79 Å². The van der Waals surface area contributed by atoms with Crippen molar-refractivity contribution in [3.05, 3.63) is 40.4 Å². The molecule has 1 amide bonds. The molecule has 0 bridgehead atoms. The molecule has 74 valence electrons. The number of likely N-dealkylation sites (N-methyl/N-ethyl adjacent to an activating group) is 1. The molecule has 0 saturated carbocycles. The van der Waals surface area contributed by atoms with Crippen molar-refractivity contribution >= 4 is 23.6 Å². The summed E-state index contributed by atoms with van der Waals surface area (Å²) in [4.78, 5) is 10.9. The molecule has 0 aliphatic heterocycles. The van der Waals surface area contributed by atoms with Crippen LogP contribution in [0.3, 0.4) is 0 Å². The Balaban J connectivity index is 2.87. The Labute approximate surface area is 88.6 Å². The van der Waals surface area contributed by atoms with Gasteiger partial charge in [0.1, 0.15) is 0 Å². The standard InChI is InChI=1S/C11H12ClNO/c1-8-3-4-9(10(12)7-8)5-6-11(14)13-2/h3-7H,1-2H3,(H,13,14). The van der Waals surface area contributed by atoms with Crippen molar-refractivity contribution in [2.75, 3.05) is 7.05 Å². The molecule has 1 aromatic rings. The Hall–Kier alpha value is -1.28. The van der Waals surface area contributed by atoms with Crippen LogP contribution >= 0.6 is 11.6 Å². The minimum absolute atomic E-state index is 0.137. The van der Waals surface area contributed by atoms with E-state index in [1.165, 1.54) is 6.08 Å². The quantitative estimate of drug-likeness (QED) is 0.745. The summed E-state index contributed by atoms with van der Waals surface area (Å²) in [7, 11) is 1.59. The minimum Gasteiger partial charge on any atom is -0.356 e. The fraction of sp³-hybridized carbons (Fsp3) is 0.182. The topological polar surface area (TPSA) is 29.1 Å². The van der Waals surface area contributed by atoms with Gasteiger partial charge in [-0.15, -0.1) is 0 Å². The second-order valence-electron chi connectivity index (χ2n) is 2.97. The first kappa shape index (κ1) is 10.8. The molecule has 1 rings (SSSR count). The molecule has 2 nitrogen and oxygen atoms in total. The third kappa shape index (κ3) is 2.89. The summed E-state index contributed by atoms with van der Waals surface area (Å²) in [5, 5.41) is 3.15. The zero-order valence-electron chi connectivity index (χ0n) is 8.17. The molecule has 0 aromatic heterocycles. The number of benzene rings is 1. The Morgan fingerprint density at radius 3 is 2.79 bits per heavy atom. The van der Waals surface area contributed by atoms with Crippen LogP contribution in [0, 0.1) is 6.92 Å². The number of hydrogen-bond acceptors (Lipinski definition) is 1. The van der Waals surface area contributed by atoms with E-state index in [0.29, 0.717) is 5.02 Å². The maximum absolute atomic E-state index is 10.9. The van der Waals surface area contributed by atoms with E-state index in [9.17, 15) is 4.79 Å². The smallest absolute Gasteiger partial charge is 0.243 e. The summed E-state index contributed by atoms with van der Waals surface area (Å²) in [6, 6.07) is 5.71. The van der Waals surface area contributed by atoms with Gasteiger partial charge in [0, 0.05) is 18.1 Å². The number of nitrogens with one attached hydrogen (secondary N) is 1. The Morgan fingerprint density at radius 1 is 1.50 bits per heavy atom. The zero-order valence-corrected chi connectivity index (χ0v) is 8.93. The number of aryl methyl sites for hydroxylation is 1. The van der Waals surface area contributed by atoms with E-state index in [4.69, 9.17) is 11.6 Å². The summed E-state index contributed by atoms with van der Waals surface area (Å²) < 4.78 is 0. The zero-order chi connectivity index (χ0) is 10.6. The summed E-state index contributed by atoms with van der Waals surface area (Å²) in [5.74, 6) is -0.137. The van der Waals surface area contributed by atoms with Crippen LogP contribution in [0.1, 0.15) is 11.1 Å². The van der Waals surface area contributed by atoms with Gasteiger partial charge in [-0.25, -0.2) is 0 Å². The van der Waals surface area contributed by atoms with Crippen LogP contribution in [0.25, 0.3) is 6.08 Å². The van der Waals surface area contributed by atoms with E-state index in [1.54, 1.807) is 13.1 Å². The predicted octanol–water partition coefficient (Wildman–Crippen LogP) is 2.41. The number of carbonyl (C=O) groups is 1. The van der Waals surface area contributed by atoms with Crippen LogP contribution in [-0.4, -0.2) is 13.0 Å². The molecular weight excluding hydrogens is 198 g/mol. The molecule has 0 radical (unpaired) electrons. The average Bonchev–Trinajstić information content (AvgIpc) is 2.16. The van der Waals surface area contributed by atoms with E-state index < -0.39 is 0 Å². The summed E-state index contributed by atoms with van der Waals surface area (Å²) in [6.45, 7) is 1.97. The van der Waals surface area contributed by atoms with Crippen LogP contribution in [0.5, 0.6) is 0 Å². The molecule has 1 aromatic carbocycles. The van der Waals surface area contributed by atoms with Gasteiger partial charge in [0.25, 0.3) is 0 Å². The van der Waals surface area contributed by atoms with Crippen LogP contribution in [0.2, 0.25) is 5.02 Å². The molecule has 0 atom stereocenters. The minimum atomic E-state index is -0.137. The highest BCUT2D eigenvalue weighted by Crippen LogP contribution is 2.18. The van der Waals surface area contributed by atoms with Gasteiger partial charge in [0.2, 0.25) is 5.91 Å². The summed E-state index contributed by atoms with van der Waals surface area (Å²) in [5.41, 5.74) is 1.95. The predicted molar refractivity (Wildman–Crippen MR) is 59.3 cm³/mol. The summed E-state index contributed by atoms with van der Waals surface area (Å²) >= 11 is 5.97. The number of hydrogen-bond donors (Lipinski definition) is 1. The normalized spacial score (nSPS) is 10.5. The van der Waals surface area contributed by atoms with Gasteiger partial charge in [-0.05, 0) is 30.2 Å². The highest BCUT2D eigenvalue weighted by atomic mass is 35.5. The Bertz CT molecular complexity index is 372. The van der Waals surface area contributed by atoms with Crippen molar-refractivity contribution in [2.45, 2.75) is 6.92 Å². The van der Waals surface area contributed by atoms with Crippen LogP contribution in [-0.2, 0) is 4.79 Å². The molecule has 3 heteroatoms. The molecule has 0 aliphatic carbocycles. The van der Waals surface area contributed by atoms with Gasteiger partial charge >= 0.3 is 0 Å². The maximum atomic E-state index is 10.9. The van der Waals surface area contributed by atoms with E-state index >= 15 is 0 Å². The van der Waals surface area contributed by atoms with Gasteiger partial charge < -0.3 is 5.32 Å². The fourth-order valence-corrected chi connectivity index (χ4v) is 1.31. The van der Waals surface area contributed by atoms with Gasteiger partial charge in [-0.2, -0.15) is 0 Å². The molecular formula is C11H12ClNO. The van der Waals surface area contributed by atoms with E-state index in [0.717, 1.165) is 11.1 Å². The number of carbonyl (C=O) groups excluding carboxylic acids is 1. The van der Waals surface area contributed by atoms with Crippen LogP contribution < -0.4 is 5.32 Å². The third-order valence-corrected chi connectivity index (χ3v) is 2.14. The van der Waals surface area contributed by atoms with Gasteiger partial charge in [0.05, 0.1) is 0 Å². The SMILES string of the molecule is CNC(=O)C=Cc1ccc(C)cc1Cl. The van der Waals surface area contributed by atoms with Crippen molar-refractivity contribution in [1.82, 2.24) is 5.32 Å². The van der Waals surface area contributed by atoms with Crippen LogP contribution in [0.15, 0.2) is 24.3 Å². The monoisotopic (exact) mass is 209 g/mol. The lowest BCUT2D eigenvalue weighted by Gasteiger charge is -1.99.